The molecule has 0 atom stereocenters. The Kier molecular flexibility index (Phi) is 10.3. The van der Waals surface area contributed by atoms with E-state index in [0.717, 1.165) is 27.9 Å². The van der Waals surface area contributed by atoms with Crippen LogP contribution in [0, 0.1) is 5.41 Å². The first-order valence-corrected chi connectivity index (χ1v) is 8.83. The first-order chi connectivity index (χ1) is 8.63. The Morgan fingerprint density at radius 1 is 1.32 bits per heavy atom. The lowest BCUT2D eigenvalue weighted by Gasteiger charge is -2.03. The maximum absolute atomic E-state index is 10.9. The van der Waals surface area contributed by atoms with Gasteiger partial charge in [-0.3, -0.25) is 10.2 Å². The number of carbonyl (C=O) groups is 1. The fraction of sp³-hybridized carbons (Fsp3) is 0.333. The molecule has 1 rings (SSSR count). The van der Waals surface area contributed by atoms with Crippen molar-refractivity contribution in [1.82, 2.24) is 0 Å². The van der Waals surface area contributed by atoms with Gasteiger partial charge in [0.2, 0.25) is 5.91 Å². The summed E-state index contributed by atoms with van der Waals surface area (Å²) in [4.78, 5) is 12.0. The van der Waals surface area contributed by atoms with Crippen molar-refractivity contribution in [3.63, 3.8) is 0 Å². The summed E-state index contributed by atoms with van der Waals surface area (Å²) in [6, 6.07) is 7.26. The van der Waals surface area contributed by atoms with Crippen LogP contribution < -0.4 is 5.73 Å². The molecule has 19 heavy (non-hydrogen) atoms. The molecular formula is C12H17ClN2OS3. The zero-order valence-electron chi connectivity index (χ0n) is 10.5. The number of amides is 1. The van der Waals surface area contributed by atoms with E-state index < -0.39 is 5.91 Å². The van der Waals surface area contributed by atoms with Gasteiger partial charge in [-0.05, 0) is 30.0 Å². The summed E-state index contributed by atoms with van der Waals surface area (Å²) < 4.78 is 0. The quantitative estimate of drug-likeness (QED) is 0.341. The minimum Gasteiger partial charge on any atom is -0.366 e. The van der Waals surface area contributed by atoms with Gasteiger partial charge < -0.3 is 5.73 Å². The molecule has 0 saturated carbocycles. The fourth-order valence-electron chi connectivity index (χ4n) is 1.17. The Bertz CT molecular complexity index is 412. The SMILES string of the molecule is CCSC(=N)CCSSc1ccc(C(N)=O)cc1.Cl. The normalized spacial score (nSPS) is 9.74. The molecule has 0 aromatic heterocycles. The molecule has 0 unspecified atom stereocenters. The zero-order valence-corrected chi connectivity index (χ0v) is 13.8. The smallest absolute Gasteiger partial charge is 0.248 e. The van der Waals surface area contributed by atoms with Gasteiger partial charge >= 0.3 is 0 Å². The molecule has 1 amide bonds. The Labute approximate surface area is 132 Å². The number of hydrogen-bond acceptors (Lipinski definition) is 5. The van der Waals surface area contributed by atoms with Crippen molar-refractivity contribution in [3.8, 4) is 0 Å². The van der Waals surface area contributed by atoms with E-state index in [2.05, 4.69) is 6.92 Å². The van der Waals surface area contributed by atoms with Crippen molar-refractivity contribution in [2.75, 3.05) is 11.5 Å². The third-order valence-corrected chi connectivity index (χ3v) is 5.25. The predicted molar refractivity (Wildman–Crippen MR) is 91.0 cm³/mol. The lowest BCUT2D eigenvalue weighted by atomic mass is 10.2. The highest BCUT2D eigenvalue weighted by Crippen LogP contribution is 2.31. The molecule has 0 heterocycles. The predicted octanol–water partition coefficient (Wildman–Crippen LogP) is 4.07. The van der Waals surface area contributed by atoms with Crippen LogP contribution in [-0.4, -0.2) is 22.5 Å². The Morgan fingerprint density at radius 2 is 1.95 bits per heavy atom. The molecule has 0 saturated heterocycles. The molecule has 106 valence electrons. The molecule has 0 bridgehead atoms. The standard InChI is InChI=1S/C12H16N2OS3.ClH/c1-2-16-11(13)7-8-17-18-10-5-3-9(4-6-10)12(14)15;/h3-6,13H,2,7-8H2,1H3,(H2,14,15);1H. The summed E-state index contributed by atoms with van der Waals surface area (Å²) in [7, 11) is 3.38. The van der Waals surface area contributed by atoms with E-state index in [4.69, 9.17) is 11.1 Å². The number of hydrogen-bond donors (Lipinski definition) is 2. The number of rotatable bonds is 7. The average Bonchev–Trinajstić information content (AvgIpc) is 2.35. The average molecular weight is 337 g/mol. The maximum atomic E-state index is 10.9. The van der Waals surface area contributed by atoms with E-state index in [-0.39, 0.29) is 12.4 Å². The lowest BCUT2D eigenvalue weighted by Crippen LogP contribution is -2.10. The third-order valence-electron chi connectivity index (χ3n) is 2.03. The number of carbonyl (C=O) groups excluding carboxylic acids is 1. The van der Waals surface area contributed by atoms with Gasteiger partial charge in [0.05, 0.1) is 5.04 Å². The van der Waals surface area contributed by atoms with Gasteiger partial charge in [0.15, 0.2) is 0 Å². The lowest BCUT2D eigenvalue weighted by molar-refractivity contribution is 0.1000. The van der Waals surface area contributed by atoms with Crippen molar-refractivity contribution in [1.29, 1.82) is 5.41 Å². The second kappa shape index (κ2) is 10.5. The minimum absolute atomic E-state index is 0. The highest BCUT2D eigenvalue weighted by molar-refractivity contribution is 8.76. The summed E-state index contributed by atoms with van der Waals surface area (Å²) in [6.45, 7) is 2.06. The number of primary amides is 1. The van der Waals surface area contributed by atoms with E-state index in [1.54, 1.807) is 45.5 Å². The summed E-state index contributed by atoms with van der Waals surface area (Å²) in [5, 5.41) is 8.38. The van der Waals surface area contributed by atoms with E-state index in [0.29, 0.717) is 5.56 Å². The van der Waals surface area contributed by atoms with Crippen LogP contribution in [0.4, 0.5) is 0 Å². The molecule has 7 heteroatoms. The molecule has 0 aliphatic heterocycles. The van der Waals surface area contributed by atoms with E-state index in [1.165, 1.54) is 0 Å². The summed E-state index contributed by atoms with van der Waals surface area (Å²) >= 11 is 1.59. The van der Waals surface area contributed by atoms with Crippen molar-refractivity contribution in [3.05, 3.63) is 29.8 Å². The molecule has 1 aromatic rings. The molecule has 0 aliphatic rings. The van der Waals surface area contributed by atoms with Crippen LogP contribution in [0.3, 0.4) is 0 Å². The van der Waals surface area contributed by atoms with Crippen molar-refractivity contribution < 1.29 is 4.79 Å². The number of thioether (sulfide) groups is 1. The number of nitrogens with two attached hydrogens (primary N) is 1. The van der Waals surface area contributed by atoms with Gasteiger partial charge in [-0.2, -0.15) is 0 Å². The first-order valence-electron chi connectivity index (χ1n) is 5.53. The molecule has 0 aliphatic carbocycles. The van der Waals surface area contributed by atoms with Crippen LogP contribution in [0.15, 0.2) is 29.2 Å². The highest BCUT2D eigenvalue weighted by atomic mass is 35.5. The van der Waals surface area contributed by atoms with E-state index in [1.807, 2.05) is 12.1 Å². The monoisotopic (exact) mass is 336 g/mol. The Morgan fingerprint density at radius 3 is 2.47 bits per heavy atom. The molecule has 0 spiro atoms. The molecule has 0 fully saturated rings. The maximum Gasteiger partial charge on any atom is 0.248 e. The number of halogens is 1. The fourth-order valence-corrected chi connectivity index (χ4v) is 3.88. The van der Waals surface area contributed by atoms with Crippen LogP contribution in [-0.2, 0) is 0 Å². The summed E-state index contributed by atoms with van der Waals surface area (Å²) in [6.07, 6.45) is 0.815. The first kappa shape index (κ1) is 18.7. The van der Waals surface area contributed by atoms with Crippen molar-refractivity contribution >= 4 is 56.7 Å². The van der Waals surface area contributed by atoms with Gasteiger partial charge in [-0.1, -0.05) is 28.5 Å². The van der Waals surface area contributed by atoms with Crippen molar-refractivity contribution in [2.45, 2.75) is 18.2 Å². The van der Waals surface area contributed by atoms with Gasteiger partial charge in [0, 0.05) is 22.6 Å². The van der Waals surface area contributed by atoms with Crippen molar-refractivity contribution in [2.24, 2.45) is 5.73 Å². The molecular weight excluding hydrogens is 320 g/mol. The van der Waals surface area contributed by atoms with Crippen LogP contribution in [0.5, 0.6) is 0 Å². The third kappa shape index (κ3) is 7.77. The van der Waals surface area contributed by atoms with Crippen LogP contribution in [0.2, 0.25) is 0 Å². The number of benzene rings is 1. The van der Waals surface area contributed by atoms with E-state index in [9.17, 15) is 4.79 Å². The molecule has 0 radical (unpaired) electrons. The van der Waals surface area contributed by atoms with Gasteiger partial charge in [0.1, 0.15) is 0 Å². The molecule has 1 aromatic carbocycles. The van der Waals surface area contributed by atoms with Crippen LogP contribution in [0.25, 0.3) is 0 Å². The second-order valence-corrected chi connectivity index (χ2v) is 7.25. The summed E-state index contributed by atoms with van der Waals surface area (Å²) in [5.41, 5.74) is 5.70. The Hall–Kier alpha value is -0.300. The van der Waals surface area contributed by atoms with Crippen LogP contribution >= 0.6 is 45.8 Å². The number of nitrogens with one attached hydrogen (secondary N) is 1. The zero-order chi connectivity index (χ0) is 13.4. The van der Waals surface area contributed by atoms with Gasteiger partial charge in [-0.15, -0.1) is 24.2 Å². The van der Waals surface area contributed by atoms with Crippen LogP contribution in [0.1, 0.15) is 23.7 Å². The van der Waals surface area contributed by atoms with Gasteiger partial charge in [-0.25, -0.2) is 0 Å². The molecule has 3 N–H and O–H groups in total. The van der Waals surface area contributed by atoms with Gasteiger partial charge in [0.25, 0.3) is 0 Å². The second-order valence-electron chi connectivity index (χ2n) is 3.40. The van der Waals surface area contributed by atoms with E-state index >= 15 is 0 Å². The topological polar surface area (TPSA) is 66.9 Å². The minimum atomic E-state index is -0.399. The summed E-state index contributed by atoms with van der Waals surface area (Å²) in [5.74, 6) is 1.49. The Balaban J connectivity index is 0.00000324. The molecule has 3 nitrogen and oxygen atoms in total. The highest BCUT2D eigenvalue weighted by Gasteiger charge is 2.01. The largest absolute Gasteiger partial charge is 0.366 e.